The van der Waals surface area contributed by atoms with Gasteiger partial charge in [-0.3, -0.25) is 0 Å². The second kappa shape index (κ2) is 4.31. The Morgan fingerprint density at radius 1 is 1.50 bits per heavy atom. The van der Waals surface area contributed by atoms with Gasteiger partial charge < -0.3 is 10.2 Å². The minimum atomic E-state index is 0.0205. The third-order valence-corrected chi connectivity index (χ3v) is 3.50. The largest absolute Gasteiger partial charge is 0.419 e. The van der Waals surface area contributed by atoms with Crippen molar-refractivity contribution in [3.63, 3.8) is 0 Å². The monoisotopic (exact) mass is 345 g/mol. The van der Waals surface area contributed by atoms with Crippen molar-refractivity contribution in [3.05, 3.63) is 32.5 Å². The smallest absolute Gasteiger partial charge is 0.230 e. The first-order valence-corrected chi connectivity index (χ1v) is 5.69. The molecular weight excluding hydrogens is 340 g/mol. The molecule has 1 aromatic carbocycles. The second-order valence-electron chi connectivity index (χ2n) is 2.97. The van der Waals surface area contributed by atoms with Gasteiger partial charge in [-0.2, -0.15) is 10.2 Å². The third-order valence-electron chi connectivity index (χ3n) is 1.93. The second-order valence-corrected chi connectivity index (χ2v) is 4.54. The number of rotatable bonds is 1. The molecule has 0 bridgehead atoms. The zero-order chi connectivity index (χ0) is 11.7. The van der Waals surface area contributed by atoms with Gasteiger partial charge in [-0.25, -0.2) is 0 Å². The zero-order valence-electron chi connectivity index (χ0n) is 7.87. The summed E-state index contributed by atoms with van der Waals surface area (Å²) >= 11 is 8.09. The van der Waals surface area contributed by atoms with Gasteiger partial charge in [-0.15, -0.1) is 0 Å². The number of anilines is 1. The number of nitrogens with two attached hydrogens (primary N) is 1. The van der Waals surface area contributed by atoms with Crippen LogP contribution in [0.1, 0.15) is 5.69 Å². The molecule has 80 valence electrons. The quantitative estimate of drug-likeness (QED) is 0.806. The van der Waals surface area contributed by atoms with Crippen LogP contribution in [0.5, 0.6) is 0 Å². The van der Waals surface area contributed by atoms with Gasteiger partial charge in [0.05, 0.1) is 5.02 Å². The molecule has 0 saturated heterocycles. The minimum absolute atomic E-state index is 0.0205. The Hall–Kier alpha value is -1.26. The predicted molar refractivity (Wildman–Crippen MR) is 68.8 cm³/mol. The van der Waals surface area contributed by atoms with Crippen molar-refractivity contribution >= 4 is 40.1 Å². The molecule has 6 heteroatoms. The molecule has 0 amide bonds. The SMILES string of the molecule is N#Cc1nc(-c2ccc(I)c(Cl)c2)oc1N. The topological polar surface area (TPSA) is 75.8 Å². The standard InChI is InChI=1S/C10H5ClIN3O/c11-6-3-5(1-2-7(6)12)10-15-8(4-13)9(14)16-10/h1-3H,14H2. The Morgan fingerprint density at radius 2 is 2.25 bits per heavy atom. The lowest BCUT2D eigenvalue weighted by Gasteiger charge is -1.98. The van der Waals surface area contributed by atoms with Gasteiger partial charge in [0.1, 0.15) is 6.07 Å². The number of nitriles is 1. The van der Waals surface area contributed by atoms with Gasteiger partial charge >= 0.3 is 0 Å². The summed E-state index contributed by atoms with van der Waals surface area (Å²) in [4.78, 5) is 3.96. The average molecular weight is 346 g/mol. The van der Waals surface area contributed by atoms with E-state index in [0.717, 1.165) is 3.57 Å². The van der Waals surface area contributed by atoms with Gasteiger partial charge in [-0.1, -0.05) is 11.6 Å². The van der Waals surface area contributed by atoms with Crippen LogP contribution in [0.2, 0.25) is 5.02 Å². The van der Waals surface area contributed by atoms with Crippen molar-refractivity contribution in [1.82, 2.24) is 4.98 Å². The molecular formula is C10H5ClIN3O. The maximum absolute atomic E-state index is 8.70. The highest BCUT2D eigenvalue weighted by Crippen LogP contribution is 2.28. The normalized spacial score (nSPS) is 10.1. The summed E-state index contributed by atoms with van der Waals surface area (Å²) in [6.07, 6.45) is 0. The molecule has 2 rings (SSSR count). The van der Waals surface area contributed by atoms with Crippen LogP contribution in [-0.4, -0.2) is 4.98 Å². The molecule has 0 saturated carbocycles. The van der Waals surface area contributed by atoms with E-state index >= 15 is 0 Å². The zero-order valence-corrected chi connectivity index (χ0v) is 10.8. The molecule has 0 atom stereocenters. The van der Waals surface area contributed by atoms with Crippen LogP contribution in [0.15, 0.2) is 22.6 Å². The number of nitrogens with zero attached hydrogens (tertiary/aromatic N) is 2. The molecule has 2 N–H and O–H groups in total. The van der Waals surface area contributed by atoms with Gasteiger partial charge in [0.2, 0.25) is 17.5 Å². The van der Waals surface area contributed by atoms with Gasteiger partial charge in [-0.05, 0) is 40.8 Å². The van der Waals surface area contributed by atoms with E-state index in [1.54, 1.807) is 12.1 Å². The van der Waals surface area contributed by atoms with Crippen LogP contribution in [0, 0.1) is 14.9 Å². The van der Waals surface area contributed by atoms with Gasteiger partial charge in [0, 0.05) is 9.13 Å². The predicted octanol–water partition coefficient (Wildman–Crippen LogP) is 3.05. The lowest BCUT2D eigenvalue weighted by atomic mass is 10.2. The van der Waals surface area contributed by atoms with Crippen LogP contribution in [0.25, 0.3) is 11.5 Å². The first-order valence-electron chi connectivity index (χ1n) is 4.23. The Balaban J connectivity index is 2.51. The molecule has 0 unspecified atom stereocenters. The van der Waals surface area contributed by atoms with E-state index < -0.39 is 0 Å². The van der Waals surface area contributed by atoms with E-state index in [1.807, 2.05) is 12.1 Å². The minimum Gasteiger partial charge on any atom is -0.419 e. The fraction of sp³-hybridized carbons (Fsp3) is 0. The number of halogens is 2. The molecule has 16 heavy (non-hydrogen) atoms. The molecule has 0 fully saturated rings. The van der Waals surface area contributed by atoms with Crippen molar-refractivity contribution < 1.29 is 4.42 Å². The molecule has 1 heterocycles. The Labute approximate surface area is 110 Å². The molecule has 0 aliphatic carbocycles. The van der Waals surface area contributed by atoms with Crippen LogP contribution in [-0.2, 0) is 0 Å². The number of hydrogen-bond acceptors (Lipinski definition) is 4. The summed E-state index contributed by atoms with van der Waals surface area (Å²) in [5.74, 6) is 0.319. The Bertz CT molecular complexity index is 588. The highest BCUT2D eigenvalue weighted by molar-refractivity contribution is 14.1. The lowest BCUT2D eigenvalue weighted by Crippen LogP contribution is -1.84. The first kappa shape index (κ1) is 11.2. The summed E-state index contributed by atoms with van der Waals surface area (Å²) in [5, 5.41) is 9.30. The summed E-state index contributed by atoms with van der Waals surface area (Å²) in [6.45, 7) is 0. The van der Waals surface area contributed by atoms with Crippen molar-refractivity contribution in [3.8, 4) is 17.5 Å². The van der Waals surface area contributed by atoms with Crippen LogP contribution < -0.4 is 5.73 Å². The maximum atomic E-state index is 8.70. The number of benzene rings is 1. The number of hydrogen-bond donors (Lipinski definition) is 1. The number of oxazole rings is 1. The maximum Gasteiger partial charge on any atom is 0.230 e. The lowest BCUT2D eigenvalue weighted by molar-refractivity contribution is 0.593. The fourth-order valence-corrected chi connectivity index (χ4v) is 1.68. The average Bonchev–Trinajstić information content (AvgIpc) is 2.64. The molecule has 4 nitrogen and oxygen atoms in total. The van der Waals surface area contributed by atoms with Crippen LogP contribution in [0.3, 0.4) is 0 Å². The molecule has 2 aromatic rings. The molecule has 0 radical (unpaired) electrons. The number of nitrogen functional groups attached to an aromatic ring is 1. The van der Waals surface area contributed by atoms with E-state index in [1.165, 1.54) is 0 Å². The van der Waals surface area contributed by atoms with Crippen molar-refractivity contribution in [2.24, 2.45) is 0 Å². The van der Waals surface area contributed by atoms with E-state index in [0.29, 0.717) is 16.5 Å². The summed E-state index contributed by atoms with van der Waals surface area (Å²) < 4.78 is 6.10. The Kier molecular flexibility index (Phi) is 3.03. The van der Waals surface area contributed by atoms with Crippen LogP contribution in [0.4, 0.5) is 5.88 Å². The molecule has 1 aromatic heterocycles. The van der Waals surface area contributed by atoms with E-state index in [9.17, 15) is 0 Å². The van der Waals surface area contributed by atoms with Crippen LogP contribution >= 0.6 is 34.2 Å². The number of aromatic nitrogens is 1. The molecule has 0 aliphatic rings. The van der Waals surface area contributed by atoms with Gasteiger partial charge in [0.15, 0.2) is 0 Å². The van der Waals surface area contributed by atoms with Crippen molar-refractivity contribution in [2.45, 2.75) is 0 Å². The fourth-order valence-electron chi connectivity index (χ4n) is 1.16. The summed E-state index contributed by atoms with van der Waals surface area (Å²) in [7, 11) is 0. The van der Waals surface area contributed by atoms with Crippen molar-refractivity contribution in [2.75, 3.05) is 5.73 Å². The summed E-state index contributed by atoms with van der Waals surface area (Å²) in [6, 6.07) is 7.21. The first-order chi connectivity index (χ1) is 7.61. The Morgan fingerprint density at radius 3 is 2.81 bits per heavy atom. The highest BCUT2D eigenvalue weighted by atomic mass is 127. The summed E-state index contributed by atoms with van der Waals surface area (Å²) in [5.41, 5.74) is 6.25. The van der Waals surface area contributed by atoms with Crippen molar-refractivity contribution in [1.29, 1.82) is 5.26 Å². The van der Waals surface area contributed by atoms with Gasteiger partial charge in [0.25, 0.3) is 0 Å². The molecule has 0 spiro atoms. The molecule has 0 aliphatic heterocycles. The van der Waals surface area contributed by atoms with E-state index in [2.05, 4.69) is 27.6 Å². The third kappa shape index (κ3) is 1.99. The van der Waals surface area contributed by atoms with E-state index in [-0.39, 0.29) is 11.6 Å². The highest BCUT2D eigenvalue weighted by Gasteiger charge is 2.12. The van der Waals surface area contributed by atoms with E-state index in [4.69, 9.17) is 27.0 Å².